The second kappa shape index (κ2) is 5.26. The molecule has 2 aromatic heterocycles. The molecule has 0 aliphatic heterocycles. The Morgan fingerprint density at radius 3 is 2.67 bits per heavy atom. The Morgan fingerprint density at radius 2 is 2.11 bits per heavy atom. The zero-order valence-corrected chi connectivity index (χ0v) is 12.9. The van der Waals surface area contributed by atoms with Gasteiger partial charge in [-0.15, -0.1) is 0 Å². The summed E-state index contributed by atoms with van der Waals surface area (Å²) in [5, 5.41) is 0. The molecule has 18 heavy (non-hydrogen) atoms. The highest BCUT2D eigenvalue weighted by Gasteiger charge is 2.15. The van der Waals surface area contributed by atoms with Crippen LogP contribution in [0.2, 0.25) is 0 Å². The second-order valence-electron chi connectivity index (χ2n) is 4.72. The molecule has 0 radical (unpaired) electrons. The van der Waals surface area contributed by atoms with Crippen LogP contribution in [0.3, 0.4) is 0 Å². The summed E-state index contributed by atoms with van der Waals surface area (Å²) in [7, 11) is 0. The minimum absolute atomic E-state index is 0.520. The van der Waals surface area contributed by atoms with Crippen LogP contribution in [-0.4, -0.2) is 9.97 Å². The Labute approximate surface area is 120 Å². The Kier molecular flexibility index (Phi) is 3.89. The standard InChI is InChI=1S/C13H16IN3O/c1-7(2)6-9-10(14)12(15)17-13(16-9)11-8(3)4-5-18-11/h4-5,7H,6H2,1-3H3,(H2,15,16,17). The van der Waals surface area contributed by atoms with E-state index in [9.17, 15) is 0 Å². The molecule has 0 saturated heterocycles. The smallest absolute Gasteiger partial charge is 0.198 e. The average molecular weight is 357 g/mol. The van der Waals surface area contributed by atoms with E-state index in [-0.39, 0.29) is 0 Å². The van der Waals surface area contributed by atoms with Crippen molar-refractivity contribution in [3.8, 4) is 11.6 Å². The molecule has 0 fully saturated rings. The van der Waals surface area contributed by atoms with E-state index in [2.05, 4.69) is 46.4 Å². The van der Waals surface area contributed by atoms with Crippen LogP contribution in [0, 0.1) is 16.4 Å². The van der Waals surface area contributed by atoms with Crippen molar-refractivity contribution in [2.24, 2.45) is 5.92 Å². The van der Waals surface area contributed by atoms with Gasteiger partial charge in [-0.1, -0.05) is 13.8 Å². The van der Waals surface area contributed by atoms with Gasteiger partial charge in [0.1, 0.15) is 5.82 Å². The lowest BCUT2D eigenvalue weighted by atomic mass is 10.1. The van der Waals surface area contributed by atoms with Crippen molar-refractivity contribution < 1.29 is 4.42 Å². The number of hydrogen-bond acceptors (Lipinski definition) is 4. The maximum Gasteiger partial charge on any atom is 0.198 e. The molecule has 0 amide bonds. The van der Waals surface area contributed by atoms with E-state index in [1.54, 1.807) is 6.26 Å². The van der Waals surface area contributed by atoms with Gasteiger partial charge in [-0.3, -0.25) is 0 Å². The number of nitrogen functional groups attached to an aromatic ring is 1. The number of anilines is 1. The lowest BCUT2D eigenvalue weighted by Gasteiger charge is -2.10. The minimum atomic E-state index is 0.520. The molecule has 0 atom stereocenters. The largest absolute Gasteiger partial charge is 0.461 e. The molecule has 0 saturated carbocycles. The fraction of sp³-hybridized carbons (Fsp3) is 0.385. The fourth-order valence-corrected chi connectivity index (χ4v) is 2.20. The Balaban J connectivity index is 2.51. The molecule has 2 aromatic rings. The van der Waals surface area contributed by atoms with Crippen molar-refractivity contribution in [3.05, 3.63) is 27.2 Å². The molecule has 96 valence electrons. The molecule has 2 rings (SSSR count). The Bertz CT molecular complexity index is 563. The van der Waals surface area contributed by atoms with Gasteiger partial charge in [-0.2, -0.15) is 0 Å². The van der Waals surface area contributed by atoms with Crippen molar-refractivity contribution >= 4 is 28.4 Å². The second-order valence-corrected chi connectivity index (χ2v) is 5.80. The Hall–Kier alpha value is -1.11. The van der Waals surface area contributed by atoms with E-state index in [0.29, 0.717) is 23.3 Å². The van der Waals surface area contributed by atoms with Crippen molar-refractivity contribution in [1.82, 2.24) is 9.97 Å². The van der Waals surface area contributed by atoms with Crippen LogP contribution in [0.15, 0.2) is 16.7 Å². The van der Waals surface area contributed by atoms with E-state index in [1.165, 1.54) is 0 Å². The normalized spacial score (nSPS) is 11.2. The maximum atomic E-state index is 5.95. The lowest BCUT2D eigenvalue weighted by Crippen LogP contribution is -2.07. The van der Waals surface area contributed by atoms with E-state index in [4.69, 9.17) is 10.2 Å². The van der Waals surface area contributed by atoms with Gasteiger partial charge in [0.25, 0.3) is 0 Å². The van der Waals surface area contributed by atoms with Gasteiger partial charge in [-0.25, -0.2) is 9.97 Å². The van der Waals surface area contributed by atoms with Crippen LogP contribution in [0.25, 0.3) is 11.6 Å². The van der Waals surface area contributed by atoms with Gasteiger partial charge >= 0.3 is 0 Å². The number of aryl methyl sites for hydroxylation is 1. The zero-order chi connectivity index (χ0) is 13.3. The molecule has 5 heteroatoms. The summed E-state index contributed by atoms with van der Waals surface area (Å²) in [6, 6.07) is 1.90. The molecule has 0 aliphatic rings. The van der Waals surface area contributed by atoms with Gasteiger partial charge in [0.05, 0.1) is 15.5 Å². The minimum Gasteiger partial charge on any atom is -0.461 e. The summed E-state index contributed by atoms with van der Waals surface area (Å²) in [4.78, 5) is 8.89. The van der Waals surface area contributed by atoms with Crippen LogP contribution in [0.1, 0.15) is 25.1 Å². The highest BCUT2D eigenvalue weighted by Crippen LogP contribution is 2.26. The van der Waals surface area contributed by atoms with Crippen molar-refractivity contribution in [1.29, 1.82) is 0 Å². The lowest BCUT2D eigenvalue weighted by molar-refractivity contribution is 0.573. The highest BCUT2D eigenvalue weighted by atomic mass is 127. The molecule has 2 heterocycles. The molecule has 0 unspecified atom stereocenters. The van der Waals surface area contributed by atoms with Gasteiger partial charge in [0.2, 0.25) is 0 Å². The molecular weight excluding hydrogens is 341 g/mol. The summed E-state index contributed by atoms with van der Waals surface area (Å²) in [6.45, 7) is 6.29. The monoisotopic (exact) mass is 357 g/mol. The first kappa shape index (κ1) is 13.3. The van der Waals surface area contributed by atoms with E-state index in [0.717, 1.165) is 21.2 Å². The molecule has 0 aliphatic carbocycles. The van der Waals surface area contributed by atoms with Crippen LogP contribution in [-0.2, 0) is 6.42 Å². The summed E-state index contributed by atoms with van der Waals surface area (Å²) in [6.07, 6.45) is 2.53. The Morgan fingerprint density at radius 1 is 1.39 bits per heavy atom. The molecule has 0 bridgehead atoms. The summed E-state index contributed by atoms with van der Waals surface area (Å²) >= 11 is 2.20. The van der Waals surface area contributed by atoms with Gasteiger partial charge in [0.15, 0.2) is 11.6 Å². The summed E-state index contributed by atoms with van der Waals surface area (Å²) in [5.74, 6) is 2.32. The van der Waals surface area contributed by atoms with Crippen LogP contribution < -0.4 is 5.73 Å². The molecule has 2 N–H and O–H groups in total. The first-order valence-corrected chi connectivity index (χ1v) is 6.93. The number of halogens is 1. The predicted octanol–water partition coefficient (Wildman–Crippen LogP) is 3.43. The fourth-order valence-electron chi connectivity index (χ4n) is 1.74. The number of nitrogens with zero attached hydrogens (tertiary/aromatic N) is 2. The maximum absolute atomic E-state index is 5.95. The quantitative estimate of drug-likeness (QED) is 0.855. The van der Waals surface area contributed by atoms with Crippen molar-refractivity contribution in [3.63, 3.8) is 0 Å². The van der Waals surface area contributed by atoms with Crippen LogP contribution >= 0.6 is 22.6 Å². The first-order chi connectivity index (χ1) is 8.49. The molecule has 0 aromatic carbocycles. The first-order valence-electron chi connectivity index (χ1n) is 5.85. The number of aromatic nitrogens is 2. The third-order valence-corrected chi connectivity index (χ3v) is 3.79. The summed E-state index contributed by atoms with van der Waals surface area (Å²) in [5.41, 5.74) is 7.96. The van der Waals surface area contributed by atoms with E-state index in [1.807, 2.05) is 13.0 Å². The van der Waals surface area contributed by atoms with Gasteiger partial charge < -0.3 is 10.2 Å². The number of hydrogen-bond donors (Lipinski definition) is 1. The van der Waals surface area contributed by atoms with Crippen molar-refractivity contribution in [2.75, 3.05) is 5.73 Å². The third kappa shape index (κ3) is 2.66. The summed E-state index contributed by atoms with van der Waals surface area (Å²) < 4.78 is 6.36. The molecule has 0 spiro atoms. The number of rotatable bonds is 3. The van der Waals surface area contributed by atoms with Gasteiger partial charge in [0, 0.05) is 0 Å². The SMILES string of the molecule is Cc1ccoc1-c1nc(N)c(I)c(CC(C)C)n1. The average Bonchev–Trinajstić information content (AvgIpc) is 2.70. The predicted molar refractivity (Wildman–Crippen MR) is 80.1 cm³/mol. The van der Waals surface area contributed by atoms with Crippen LogP contribution in [0.5, 0.6) is 0 Å². The number of nitrogens with two attached hydrogens (primary N) is 1. The molecular formula is C13H16IN3O. The zero-order valence-electron chi connectivity index (χ0n) is 10.7. The van der Waals surface area contributed by atoms with E-state index >= 15 is 0 Å². The van der Waals surface area contributed by atoms with E-state index < -0.39 is 0 Å². The molecule has 4 nitrogen and oxygen atoms in total. The topological polar surface area (TPSA) is 64.9 Å². The van der Waals surface area contributed by atoms with Gasteiger partial charge in [-0.05, 0) is 53.5 Å². The third-order valence-electron chi connectivity index (χ3n) is 2.61. The van der Waals surface area contributed by atoms with Crippen LogP contribution in [0.4, 0.5) is 5.82 Å². The highest BCUT2D eigenvalue weighted by molar-refractivity contribution is 14.1. The van der Waals surface area contributed by atoms with Crippen molar-refractivity contribution in [2.45, 2.75) is 27.2 Å². The number of furan rings is 1.